The Morgan fingerprint density at radius 2 is 2.12 bits per heavy atom. The van der Waals surface area contributed by atoms with Gasteiger partial charge in [0, 0.05) is 11.9 Å². The number of methoxy groups -OCH3 is 1. The van der Waals surface area contributed by atoms with Gasteiger partial charge in [0.25, 0.3) is 0 Å². The van der Waals surface area contributed by atoms with E-state index in [0.717, 1.165) is 29.2 Å². The fourth-order valence-electron chi connectivity index (χ4n) is 1.68. The molecule has 2 aromatic rings. The molecule has 1 N–H and O–H groups in total. The summed E-state index contributed by atoms with van der Waals surface area (Å²) < 4.78 is 5.22. The minimum absolute atomic E-state index is 0.729. The van der Waals surface area contributed by atoms with E-state index in [1.807, 2.05) is 37.3 Å². The number of aryl methyl sites for hydroxylation is 1. The van der Waals surface area contributed by atoms with Gasteiger partial charge in [0.15, 0.2) is 0 Å². The highest BCUT2D eigenvalue weighted by molar-refractivity contribution is 5.50. The zero-order valence-corrected chi connectivity index (χ0v) is 10.1. The fourth-order valence-corrected chi connectivity index (χ4v) is 1.68. The molecule has 0 unspecified atom stereocenters. The maximum atomic E-state index is 5.22. The van der Waals surface area contributed by atoms with Crippen LogP contribution in [0.25, 0.3) is 0 Å². The molecule has 3 nitrogen and oxygen atoms in total. The quantitative estimate of drug-likeness (QED) is 0.873. The second kappa shape index (κ2) is 5.34. The molecular formula is C14H16N2O. The first-order chi connectivity index (χ1) is 8.29. The Morgan fingerprint density at radius 3 is 2.76 bits per heavy atom. The molecule has 0 atom stereocenters. The van der Waals surface area contributed by atoms with E-state index in [9.17, 15) is 0 Å². The van der Waals surface area contributed by atoms with E-state index in [1.165, 1.54) is 0 Å². The summed E-state index contributed by atoms with van der Waals surface area (Å²) in [6.45, 7) is 2.76. The maximum absolute atomic E-state index is 5.22. The molecule has 0 spiro atoms. The van der Waals surface area contributed by atoms with Crippen molar-refractivity contribution in [3.63, 3.8) is 0 Å². The van der Waals surface area contributed by atoms with Crippen molar-refractivity contribution in [3.05, 3.63) is 53.9 Å². The molecule has 0 saturated carbocycles. The Morgan fingerprint density at radius 1 is 1.24 bits per heavy atom. The van der Waals surface area contributed by atoms with Gasteiger partial charge in [0.05, 0.1) is 19.3 Å². The molecule has 0 fully saturated rings. The van der Waals surface area contributed by atoms with E-state index in [0.29, 0.717) is 0 Å². The lowest BCUT2D eigenvalue weighted by molar-refractivity contribution is 0.412. The highest BCUT2D eigenvalue weighted by atomic mass is 16.5. The third kappa shape index (κ3) is 2.97. The number of hydrogen-bond acceptors (Lipinski definition) is 3. The molecule has 0 bridgehead atoms. The van der Waals surface area contributed by atoms with Crippen molar-refractivity contribution in [2.24, 2.45) is 0 Å². The van der Waals surface area contributed by atoms with E-state index in [-0.39, 0.29) is 0 Å². The highest BCUT2D eigenvalue weighted by Gasteiger charge is 1.99. The first-order valence-corrected chi connectivity index (χ1v) is 5.58. The van der Waals surface area contributed by atoms with Gasteiger partial charge in [-0.3, -0.25) is 4.98 Å². The molecule has 2 rings (SSSR count). The molecule has 1 aromatic carbocycles. The number of ether oxygens (including phenoxy) is 1. The third-order valence-corrected chi connectivity index (χ3v) is 2.59. The van der Waals surface area contributed by atoms with Gasteiger partial charge in [0.1, 0.15) is 5.75 Å². The number of nitrogens with zero attached hydrogens (tertiary/aromatic N) is 1. The van der Waals surface area contributed by atoms with E-state index in [1.54, 1.807) is 13.3 Å². The molecule has 3 heteroatoms. The largest absolute Gasteiger partial charge is 0.496 e. The molecule has 0 amide bonds. The van der Waals surface area contributed by atoms with Crippen LogP contribution >= 0.6 is 0 Å². The van der Waals surface area contributed by atoms with Crippen LogP contribution in [0.1, 0.15) is 11.3 Å². The Bertz CT molecular complexity index is 483. The van der Waals surface area contributed by atoms with Crippen LogP contribution < -0.4 is 10.1 Å². The van der Waals surface area contributed by atoms with Crippen LogP contribution in [0, 0.1) is 6.92 Å². The van der Waals surface area contributed by atoms with E-state index in [4.69, 9.17) is 4.74 Å². The van der Waals surface area contributed by atoms with Crippen molar-refractivity contribution in [2.75, 3.05) is 12.4 Å². The lowest BCUT2D eigenvalue weighted by Crippen LogP contribution is -2.01. The van der Waals surface area contributed by atoms with Crippen LogP contribution in [0.3, 0.4) is 0 Å². The second-order valence-corrected chi connectivity index (χ2v) is 3.86. The van der Waals surface area contributed by atoms with Crippen molar-refractivity contribution in [1.29, 1.82) is 0 Å². The molecule has 0 aliphatic carbocycles. The molecular weight excluding hydrogens is 212 g/mol. The van der Waals surface area contributed by atoms with E-state index < -0.39 is 0 Å². The topological polar surface area (TPSA) is 34.1 Å². The van der Waals surface area contributed by atoms with Crippen molar-refractivity contribution in [2.45, 2.75) is 13.5 Å². The average Bonchev–Trinajstić information content (AvgIpc) is 2.38. The maximum Gasteiger partial charge on any atom is 0.121 e. The zero-order chi connectivity index (χ0) is 12.1. The van der Waals surface area contributed by atoms with Crippen molar-refractivity contribution in [3.8, 4) is 5.75 Å². The number of anilines is 1. The number of aromatic nitrogens is 1. The molecule has 1 aromatic heterocycles. The second-order valence-electron chi connectivity index (χ2n) is 3.86. The Kier molecular flexibility index (Phi) is 3.60. The molecule has 0 radical (unpaired) electrons. The Balaban J connectivity index is 2.02. The summed E-state index contributed by atoms with van der Waals surface area (Å²) in [6, 6.07) is 12.0. The van der Waals surface area contributed by atoms with Crippen LogP contribution in [0.15, 0.2) is 42.6 Å². The summed E-state index contributed by atoms with van der Waals surface area (Å²) in [6.07, 6.45) is 1.80. The van der Waals surface area contributed by atoms with Crippen molar-refractivity contribution < 1.29 is 4.74 Å². The minimum Gasteiger partial charge on any atom is -0.496 e. The summed E-state index contributed by atoms with van der Waals surface area (Å²) in [5, 5.41) is 3.34. The average molecular weight is 228 g/mol. The minimum atomic E-state index is 0.729. The first-order valence-electron chi connectivity index (χ1n) is 5.58. The summed E-state index contributed by atoms with van der Waals surface area (Å²) in [5.74, 6) is 0.911. The van der Waals surface area contributed by atoms with E-state index in [2.05, 4.69) is 16.4 Å². The fraction of sp³-hybridized carbons (Fsp3) is 0.214. The first kappa shape index (κ1) is 11.5. The van der Waals surface area contributed by atoms with Gasteiger partial charge in [-0.1, -0.05) is 6.07 Å². The summed E-state index contributed by atoms with van der Waals surface area (Å²) in [7, 11) is 1.68. The van der Waals surface area contributed by atoms with E-state index >= 15 is 0 Å². The normalized spacial score (nSPS) is 10.0. The summed E-state index contributed by atoms with van der Waals surface area (Å²) in [5.41, 5.74) is 3.23. The Labute approximate surface area is 101 Å². The molecule has 88 valence electrons. The van der Waals surface area contributed by atoms with Gasteiger partial charge in [-0.2, -0.15) is 0 Å². The smallest absolute Gasteiger partial charge is 0.121 e. The Hall–Kier alpha value is -2.03. The van der Waals surface area contributed by atoms with Gasteiger partial charge in [-0.15, -0.1) is 0 Å². The van der Waals surface area contributed by atoms with Crippen LogP contribution in [0.4, 0.5) is 5.69 Å². The molecule has 0 aliphatic heterocycles. The van der Waals surface area contributed by atoms with Crippen LogP contribution in [0.5, 0.6) is 5.75 Å². The molecule has 17 heavy (non-hydrogen) atoms. The van der Waals surface area contributed by atoms with Gasteiger partial charge in [-0.05, 0) is 42.8 Å². The standard InChI is InChI=1S/C14H16N2O/c1-11-9-12(6-7-14(11)17-2)16-10-13-5-3-4-8-15-13/h3-9,16H,10H2,1-2H3. The lowest BCUT2D eigenvalue weighted by atomic mass is 10.2. The number of rotatable bonds is 4. The van der Waals surface area contributed by atoms with Gasteiger partial charge in [0.2, 0.25) is 0 Å². The predicted octanol–water partition coefficient (Wildman–Crippen LogP) is 3.01. The summed E-state index contributed by atoms with van der Waals surface area (Å²) in [4.78, 5) is 4.26. The number of benzene rings is 1. The van der Waals surface area contributed by atoms with Gasteiger partial charge >= 0.3 is 0 Å². The van der Waals surface area contributed by atoms with Crippen molar-refractivity contribution in [1.82, 2.24) is 4.98 Å². The SMILES string of the molecule is COc1ccc(NCc2ccccn2)cc1C. The van der Waals surface area contributed by atoms with Crippen molar-refractivity contribution >= 4 is 5.69 Å². The molecule has 0 saturated heterocycles. The number of pyridine rings is 1. The van der Waals surface area contributed by atoms with Crippen LogP contribution in [-0.4, -0.2) is 12.1 Å². The molecule has 0 aliphatic rings. The predicted molar refractivity (Wildman–Crippen MR) is 69.3 cm³/mol. The van der Waals surface area contributed by atoms with Crippen LogP contribution in [-0.2, 0) is 6.54 Å². The summed E-state index contributed by atoms with van der Waals surface area (Å²) >= 11 is 0. The lowest BCUT2D eigenvalue weighted by Gasteiger charge is -2.09. The third-order valence-electron chi connectivity index (χ3n) is 2.59. The molecule has 1 heterocycles. The van der Waals surface area contributed by atoms with Gasteiger partial charge in [-0.25, -0.2) is 0 Å². The monoisotopic (exact) mass is 228 g/mol. The van der Waals surface area contributed by atoms with Gasteiger partial charge < -0.3 is 10.1 Å². The highest BCUT2D eigenvalue weighted by Crippen LogP contribution is 2.21. The van der Waals surface area contributed by atoms with Crippen LogP contribution in [0.2, 0.25) is 0 Å². The number of hydrogen-bond donors (Lipinski definition) is 1. The zero-order valence-electron chi connectivity index (χ0n) is 10.1. The number of nitrogens with one attached hydrogen (secondary N) is 1.